The molecule has 0 aliphatic carbocycles. The predicted molar refractivity (Wildman–Crippen MR) is 149 cm³/mol. The Morgan fingerprint density at radius 3 is 2.83 bits per heavy atom. The molecular weight excluding hydrogens is 508 g/mol. The molecule has 6 heterocycles. The normalized spacial score (nSPS) is 13.7. The van der Waals surface area contributed by atoms with Crippen molar-refractivity contribution in [3.63, 3.8) is 0 Å². The van der Waals surface area contributed by atoms with Gasteiger partial charge in [0.1, 0.15) is 18.1 Å². The van der Waals surface area contributed by atoms with E-state index in [4.69, 9.17) is 24.2 Å². The summed E-state index contributed by atoms with van der Waals surface area (Å²) in [5.41, 5.74) is 10.4. The van der Waals surface area contributed by atoms with Crippen molar-refractivity contribution >= 4 is 16.9 Å². The molecule has 0 fully saturated rings. The Kier molecular flexibility index (Phi) is 5.97. The lowest BCUT2D eigenvalue weighted by Crippen LogP contribution is -2.23. The number of ether oxygens (including phenoxy) is 3. The zero-order valence-corrected chi connectivity index (χ0v) is 22.0. The zero-order chi connectivity index (χ0) is 27.1. The Balaban J connectivity index is 1.23. The molecule has 2 aliphatic heterocycles. The van der Waals surface area contributed by atoms with E-state index < -0.39 is 0 Å². The average molecular weight is 535 g/mol. The molecule has 4 aromatic heterocycles. The quantitative estimate of drug-likeness (QED) is 0.322. The highest BCUT2D eigenvalue weighted by Crippen LogP contribution is 2.37. The van der Waals surface area contributed by atoms with Crippen molar-refractivity contribution in [1.29, 1.82) is 0 Å². The fourth-order valence-electron chi connectivity index (χ4n) is 4.73. The van der Waals surface area contributed by atoms with Crippen LogP contribution >= 0.6 is 0 Å². The van der Waals surface area contributed by atoms with Crippen molar-refractivity contribution in [2.45, 2.75) is 6.54 Å². The molecule has 11 nitrogen and oxygen atoms in total. The summed E-state index contributed by atoms with van der Waals surface area (Å²) in [6.07, 6.45) is 5.25. The van der Waals surface area contributed by atoms with Gasteiger partial charge in [0.15, 0.2) is 28.7 Å². The Labute approximate surface area is 229 Å². The van der Waals surface area contributed by atoms with Crippen molar-refractivity contribution in [3.05, 3.63) is 78.1 Å². The molecule has 0 amide bonds. The molecule has 0 bridgehead atoms. The maximum Gasteiger partial charge on any atom is 0.231 e. The summed E-state index contributed by atoms with van der Waals surface area (Å²) in [4.78, 5) is 24.2. The van der Waals surface area contributed by atoms with Gasteiger partial charge in [-0.25, -0.2) is 15.0 Å². The van der Waals surface area contributed by atoms with Crippen LogP contribution in [0.1, 0.15) is 17.1 Å². The molecule has 0 spiro atoms. The SMILES string of the molecule is CN(C)CCOc1cncc(-c2ccc3c(n2)C(c2nc4nccc(-c5ccc6c(c5)OCO6)c4[nH]2)=NNC3)c1. The molecule has 11 heteroatoms. The first kappa shape index (κ1) is 24.0. The highest BCUT2D eigenvalue weighted by Gasteiger charge is 2.23. The molecule has 0 saturated carbocycles. The van der Waals surface area contributed by atoms with E-state index in [1.165, 1.54) is 0 Å². The Morgan fingerprint density at radius 1 is 0.975 bits per heavy atom. The van der Waals surface area contributed by atoms with E-state index in [9.17, 15) is 0 Å². The summed E-state index contributed by atoms with van der Waals surface area (Å²) in [5.74, 6) is 2.73. The molecule has 7 rings (SSSR count). The summed E-state index contributed by atoms with van der Waals surface area (Å²) in [6.45, 7) is 2.19. The minimum atomic E-state index is 0.226. The first-order valence-corrected chi connectivity index (χ1v) is 12.9. The third kappa shape index (κ3) is 4.46. The van der Waals surface area contributed by atoms with Crippen molar-refractivity contribution in [2.24, 2.45) is 5.10 Å². The van der Waals surface area contributed by atoms with E-state index in [0.29, 0.717) is 36.1 Å². The molecule has 1 aromatic carbocycles. The number of aromatic nitrogens is 5. The molecule has 5 aromatic rings. The molecule has 2 N–H and O–H groups in total. The fourth-order valence-corrected chi connectivity index (χ4v) is 4.73. The minimum absolute atomic E-state index is 0.226. The first-order chi connectivity index (χ1) is 19.6. The van der Waals surface area contributed by atoms with Crippen molar-refractivity contribution < 1.29 is 14.2 Å². The monoisotopic (exact) mass is 534 g/mol. The van der Waals surface area contributed by atoms with E-state index in [2.05, 4.69) is 36.4 Å². The highest BCUT2D eigenvalue weighted by molar-refractivity contribution is 6.12. The second-order valence-corrected chi connectivity index (χ2v) is 9.77. The number of pyridine rings is 3. The van der Waals surface area contributed by atoms with Crippen molar-refractivity contribution in [2.75, 3.05) is 34.0 Å². The maximum atomic E-state index is 5.89. The Bertz CT molecular complexity index is 1760. The summed E-state index contributed by atoms with van der Waals surface area (Å²) in [6, 6.07) is 13.8. The van der Waals surface area contributed by atoms with Crippen LogP contribution < -0.4 is 19.6 Å². The van der Waals surface area contributed by atoms with E-state index >= 15 is 0 Å². The number of nitrogens with one attached hydrogen (secondary N) is 2. The van der Waals surface area contributed by atoms with Crippen LogP contribution in [0.4, 0.5) is 0 Å². The van der Waals surface area contributed by atoms with Gasteiger partial charge in [-0.3, -0.25) is 4.98 Å². The van der Waals surface area contributed by atoms with Gasteiger partial charge in [-0.15, -0.1) is 0 Å². The number of likely N-dealkylation sites (N-methyl/N-ethyl adjacent to an activating group) is 1. The number of hydrogen-bond donors (Lipinski definition) is 2. The standard InChI is InChI=1S/C29H26N8O3/c1-37(2)9-10-38-20-11-19(13-30-15-20)22-5-3-18-14-32-36-27(25(18)33-22)29-34-26-21(7-8-31-28(26)35-29)17-4-6-23-24(12-17)40-16-39-23/h3-8,11-13,15,32H,9-10,14,16H2,1-2H3,(H,31,34,35). The third-order valence-corrected chi connectivity index (χ3v) is 6.78. The van der Waals surface area contributed by atoms with Crippen LogP contribution in [0.25, 0.3) is 33.5 Å². The van der Waals surface area contributed by atoms with Gasteiger partial charge in [0.2, 0.25) is 6.79 Å². The molecule has 0 atom stereocenters. The van der Waals surface area contributed by atoms with Crippen LogP contribution in [-0.4, -0.2) is 69.6 Å². The Hall–Kier alpha value is -5.03. The number of H-pyrrole nitrogens is 1. The summed E-state index contributed by atoms with van der Waals surface area (Å²) >= 11 is 0. The minimum Gasteiger partial charge on any atom is -0.491 e. The van der Waals surface area contributed by atoms with Crippen molar-refractivity contribution in [3.8, 4) is 39.6 Å². The smallest absolute Gasteiger partial charge is 0.231 e. The second kappa shape index (κ2) is 9.93. The number of nitrogens with zero attached hydrogens (tertiary/aromatic N) is 6. The van der Waals surface area contributed by atoms with Gasteiger partial charge in [-0.2, -0.15) is 5.10 Å². The summed E-state index contributed by atoms with van der Waals surface area (Å²) in [5, 5.41) is 4.60. The lowest BCUT2D eigenvalue weighted by atomic mass is 10.0. The predicted octanol–water partition coefficient (Wildman–Crippen LogP) is 3.61. The van der Waals surface area contributed by atoms with Crippen LogP contribution in [0, 0.1) is 0 Å². The fraction of sp³-hybridized carbons (Fsp3) is 0.207. The van der Waals surface area contributed by atoms with Gasteiger partial charge >= 0.3 is 0 Å². The summed E-state index contributed by atoms with van der Waals surface area (Å²) in [7, 11) is 4.03. The second-order valence-electron chi connectivity index (χ2n) is 9.77. The van der Waals surface area contributed by atoms with E-state index in [1.807, 2.05) is 50.5 Å². The Morgan fingerprint density at radius 2 is 1.90 bits per heavy atom. The molecule has 0 unspecified atom stereocenters. The van der Waals surface area contributed by atoms with E-state index in [-0.39, 0.29) is 6.79 Å². The molecule has 0 radical (unpaired) electrons. The summed E-state index contributed by atoms with van der Waals surface area (Å²) < 4.78 is 16.9. The molecule has 2 aliphatic rings. The molecule has 0 saturated heterocycles. The van der Waals surface area contributed by atoms with Gasteiger partial charge in [0.25, 0.3) is 0 Å². The largest absolute Gasteiger partial charge is 0.491 e. The number of hydrazone groups is 1. The number of benzene rings is 1. The lowest BCUT2D eigenvalue weighted by Gasteiger charge is -2.17. The van der Waals surface area contributed by atoms with E-state index in [1.54, 1.807) is 18.6 Å². The van der Waals surface area contributed by atoms with Gasteiger partial charge in [-0.1, -0.05) is 12.1 Å². The number of fused-ring (bicyclic) bond motifs is 3. The van der Waals surface area contributed by atoms with Gasteiger partial charge in [0, 0.05) is 35.6 Å². The maximum absolute atomic E-state index is 5.89. The average Bonchev–Trinajstić information content (AvgIpc) is 3.63. The van der Waals surface area contributed by atoms with Crippen LogP contribution in [0.15, 0.2) is 66.2 Å². The van der Waals surface area contributed by atoms with Gasteiger partial charge in [0.05, 0.1) is 24.0 Å². The first-order valence-electron chi connectivity index (χ1n) is 12.9. The third-order valence-electron chi connectivity index (χ3n) is 6.78. The van der Waals surface area contributed by atoms with Gasteiger partial charge < -0.3 is 29.5 Å². The van der Waals surface area contributed by atoms with Crippen LogP contribution in [-0.2, 0) is 6.54 Å². The van der Waals surface area contributed by atoms with Crippen LogP contribution in [0.5, 0.6) is 17.2 Å². The van der Waals surface area contributed by atoms with Gasteiger partial charge in [-0.05, 0) is 50.0 Å². The molecule has 40 heavy (non-hydrogen) atoms. The number of aromatic amines is 1. The number of imidazole rings is 1. The molecule has 200 valence electrons. The zero-order valence-electron chi connectivity index (χ0n) is 22.0. The topological polar surface area (TPSA) is 123 Å². The highest BCUT2D eigenvalue weighted by atomic mass is 16.7. The number of hydrogen-bond acceptors (Lipinski definition) is 10. The molecular formula is C29H26N8O3. The number of rotatable bonds is 7. The van der Waals surface area contributed by atoms with Crippen LogP contribution in [0.2, 0.25) is 0 Å². The van der Waals surface area contributed by atoms with Crippen LogP contribution in [0.3, 0.4) is 0 Å². The van der Waals surface area contributed by atoms with E-state index in [0.717, 1.165) is 57.2 Å². The van der Waals surface area contributed by atoms with Crippen molar-refractivity contribution in [1.82, 2.24) is 35.2 Å². The lowest BCUT2D eigenvalue weighted by molar-refractivity contribution is 0.174.